The molecule has 0 atom stereocenters. The van der Waals surface area contributed by atoms with Crippen molar-refractivity contribution < 1.29 is 14.7 Å². The molecule has 2 heterocycles. The second-order valence-corrected chi connectivity index (χ2v) is 5.28. The Balaban J connectivity index is 1.69. The third-order valence-electron chi connectivity index (χ3n) is 3.50. The summed E-state index contributed by atoms with van der Waals surface area (Å²) in [5.41, 5.74) is 3.19. The zero-order valence-electron chi connectivity index (χ0n) is 12.5. The Kier molecular flexibility index (Phi) is 3.80. The number of amides is 1. The van der Waals surface area contributed by atoms with Crippen LogP contribution in [0.3, 0.4) is 0 Å². The van der Waals surface area contributed by atoms with Gasteiger partial charge in [-0.2, -0.15) is 0 Å². The number of carbonyl (C=O) groups is 2. The smallest absolute Gasteiger partial charge is 0.335 e. The Morgan fingerprint density at radius 2 is 1.96 bits per heavy atom. The molecule has 0 saturated heterocycles. The van der Waals surface area contributed by atoms with Crippen LogP contribution in [-0.2, 0) is 6.54 Å². The summed E-state index contributed by atoms with van der Waals surface area (Å²) >= 11 is 0. The fourth-order valence-electron chi connectivity index (χ4n) is 2.23. The summed E-state index contributed by atoms with van der Waals surface area (Å²) in [4.78, 5) is 27.3. The van der Waals surface area contributed by atoms with Crippen molar-refractivity contribution in [1.29, 1.82) is 0 Å². The molecule has 6 heteroatoms. The molecule has 0 fully saturated rings. The zero-order chi connectivity index (χ0) is 16.4. The third kappa shape index (κ3) is 3.21. The lowest BCUT2D eigenvalue weighted by atomic mass is 10.1. The first-order valence-corrected chi connectivity index (χ1v) is 7.09. The summed E-state index contributed by atoms with van der Waals surface area (Å²) < 4.78 is 1.80. The lowest BCUT2D eigenvalue weighted by Crippen LogP contribution is -2.23. The topological polar surface area (TPSA) is 83.7 Å². The number of pyridine rings is 1. The van der Waals surface area contributed by atoms with Crippen LogP contribution in [0.2, 0.25) is 0 Å². The molecule has 0 saturated carbocycles. The number of hydrogen-bond acceptors (Lipinski definition) is 3. The van der Waals surface area contributed by atoms with Crippen molar-refractivity contribution in [2.45, 2.75) is 13.5 Å². The number of aromatic carboxylic acids is 1. The molecule has 0 unspecified atom stereocenters. The molecule has 0 aliphatic rings. The van der Waals surface area contributed by atoms with Gasteiger partial charge in [0.15, 0.2) is 0 Å². The highest BCUT2D eigenvalue weighted by atomic mass is 16.4. The fourth-order valence-corrected chi connectivity index (χ4v) is 2.23. The first kappa shape index (κ1) is 14.8. The summed E-state index contributed by atoms with van der Waals surface area (Å²) in [6, 6.07) is 10.2. The van der Waals surface area contributed by atoms with E-state index in [0.717, 1.165) is 16.8 Å². The lowest BCUT2D eigenvalue weighted by molar-refractivity contribution is 0.0696. The summed E-state index contributed by atoms with van der Waals surface area (Å²) in [5.74, 6) is -1.24. The number of carboxylic acids is 1. The quantitative estimate of drug-likeness (QED) is 0.774. The van der Waals surface area contributed by atoms with E-state index in [-0.39, 0.29) is 11.5 Å². The minimum atomic E-state index is -0.972. The fraction of sp³-hybridized carbons (Fsp3) is 0.118. The number of imidazole rings is 1. The molecule has 0 aliphatic carbocycles. The molecule has 1 amide bonds. The van der Waals surface area contributed by atoms with Crippen molar-refractivity contribution in [1.82, 2.24) is 14.7 Å². The van der Waals surface area contributed by atoms with Gasteiger partial charge in [0.25, 0.3) is 5.91 Å². The number of carboxylic acid groups (broad SMARTS) is 1. The van der Waals surface area contributed by atoms with E-state index in [0.29, 0.717) is 12.2 Å². The van der Waals surface area contributed by atoms with Crippen molar-refractivity contribution in [3.8, 4) is 0 Å². The number of aromatic nitrogens is 2. The highest BCUT2D eigenvalue weighted by Gasteiger charge is 2.10. The minimum absolute atomic E-state index is 0.218. The number of rotatable bonds is 4. The van der Waals surface area contributed by atoms with Gasteiger partial charge < -0.3 is 14.8 Å². The molecule has 0 aliphatic heterocycles. The van der Waals surface area contributed by atoms with Gasteiger partial charge in [-0.05, 0) is 42.3 Å². The van der Waals surface area contributed by atoms with Gasteiger partial charge in [-0.3, -0.25) is 4.79 Å². The number of nitrogens with one attached hydrogen (secondary N) is 1. The maximum absolute atomic E-state index is 12.2. The van der Waals surface area contributed by atoms with E-state index in [9.17, 15) is 9.59 Å². The Morgan fingerprint density at radius 1 is 1.22 bits per heavy atom. The number of nitrogens with zero attached hydrogens (tertiary/aromatic N) is 2. The molecule has 2 aromatic heterocycles. The lowest BCUT2D eigenvalue weighted by Gasteiger charge is -2.03. The SMILES string of the molecule is Cc1ccn2cc(C(=O)NCc3ccc(C(=O)O)cc3)nc2c1. The molecule has 0 radical (unpaired) electrons. The zero-order valence-corrected chi connectivity index (χ0v) is 12.5. The Labute approximate surface area is 132 Å². The normalized spacial score (nSPS) is 10.7. The molecular formula is C17H15N3O3. The average molecular weight is 309 g/mol. The number of carbonyl (C=O) groups excluding carboxylic acids is 1. The van der Waals surface area contributed by atoms with Crippen molar-refractivity contribution >= 4 is 17.5 Å². The molecule has 3 rings (SSSR count). The van der Waals surface area contributed by atoms with E-state index < -0.39 is 5.97 Å². The molecule has 116 valence electrons. The highest BCUT2D eigenvalue weighted by molar-refractivity contribution is 5.92. The summed E-state index contributed by atoms with van der Waals surface area (Å²) in [6.07, 6.45) is 3.54. The average Bonchev–Trinajstić information content (AvgIpc) is 2.96. The first-order valence-electron chi connectivity index (χ1n) is 7.09. The second-order valence-electron chi connectivity index (χ2n) is 5.28. The van der Waals surface area contributed by atoms with Crippen LogP contribution in [0.1, 0.15) is 32.0 Å². The monoisotopic (exact) mass is 309 g/mol. The van der Waals surface area contributed by atoms with Crippen molar-refractivity contribution in [3.63, 3.8) is 0 Å². The largest absolute Gasteiger partial charge is 0.478 e. The number of benzene rings is 1. The first-order chi connectivity index (χ1) is 11.0. The maximum atomic E-state index is 12.2. The molecule has 3 aromatic rings. The molecular weight excluding hydrogens is 294 g/mol. The van der Waals surface area contributed by atoms with E-state index >= 15 is 0 Å². The minimum Gasteiger partial charge on any atom is -0.478 e. The Hall–Kier alpha value is -3.15. The number of aryl methyl sites for hydroxylation is 1. The Bertz CT molecular complexity index is 882. The molecule has 1 aromatic carbocycles. The van der Waals surface area contributed by atoms with Gasteiger partial charge in [0.2, 0.25) is 0 Å². The highest BCUT2D eigenvalue weighted by Crippen LogP contribution is 2.08. The van der Waals surface area contributed by atoms with Gasteiger partial charge in [-0.25, -0.2) is 9.78 Å². The van der Waals surface area contributed by atoms with E-state index in [2.05, 4.69) is 10.3 Å². The van der Waals surface area contributed by atoms with Crippen molar-refractivity contribution in [3.05, 3.63) is 71.2 Å². The van der Waals surface area contributed by atoms with Crippen molar-refractivity contribution in [2.75, 3.05) is 0 Å². The standard InChI is InChI=1S/C17H15N3O3/c1-11-6-7-20-10-14(19-15(20)8-11)16(21)18-9-12-2-4-13(5-3-12)17(22)23/h2-8,10H,9H2,1H3,(H,18,21)(H,22,23). The molecule has 0 bridgehead atoms. The van der Waals surface area contributed by atoms with E-state index in [1.807, 2.05) is 25.3 Å². The van der Waals surface area contributed by atoms with E-state index in [1.165, 1.54) is 12.1 Å². The van der Waals surface area contributed by atoms with Crippen LogP contribution in [-0.4, -0.2) is 26.4 Å². The summed E-state index contributed by atoms with van der Waals surface area (Å²) in [6.45, 7) is 2.28. The van der Waals surface area contributed by atoms with Crippen LogP contribution < -0.4 is 5.32 Å². The van der Waals surface area contributed by atoms with Gasteiger partial charge in [0.05, 0.1) is 5.56 Å². The van der Waals surface area contributed by atoms with Crippen LogP contribution in [0, 0.1) is 6.92 Å². The number of fused-ring (bicyclic) bond motifs is 1. The maximum Gasteiger partial charge on any atom is 0.335 e. The Morgan fingerprint density at radius 3 is 2.65 bits per heavy atom. The number of hydrogen-bond donors (Lipinski definition) is 2. The van der Waals surface area contributed by atoms with Crippen LogP contribution in [0.4, 0.5) is 0 Å². The van der Waals surface area contributed by atoms with Gasteiger partial charge in [-0.15, -0.1) is 0 Å². The third-order valence-corrected chi connectivity index (χ3v) is 3.50. The molecule has 6 nitrogen and oxygen atoms in total. The van der Waals surface area contributed by atoms with E-state index in [4.69, 9.17) is 5.11 Å². The molecule has 0 spiro atoms. The summed E-state index contributed by atoms with van der Waals surface area (Å²) in [7, 11) is 0. The van der Waals surface area contributed by atoms with Gasteiger partial charge >= 0.3 is 5.97 Å². The van der Waals surface area contributed by atoms with Gasteiger partial charge in [0, 0.05) is 18.9 Å². The van der Waals surface area contributed by atoms with Crippen LogP contribution >= 0.6 is 0 Å². The van der Waals surface area contributed by atoms with Crippen LogP contribution in [0.15, 0.2) is 48.8 Å². The molecule has 2 N–H and O–H groups in total. The van der Waals surface area contributed by atoms with Crippen molar-refractivity contribution in [2.24, 2.45) is 0 Å². The predicted molar refractivity (Wildman–Crippen MR) is 84.5 cm³/mol. The predicted octanol–water partition coefficient (Wildman–Crippen LogP) is 2.27. The van der Waals surface area contributed by atoms with Gasteiger partial charge in [0.1, 0.15) is 11.3 Å². The van der Waals surface area contributed by atoms with E-state index in [1.54, 1.807) is 22.7 Å². The van der Waals surface area contributed by atoms with Gasteiger partial charge in [-0.1, -0.05) is 12.1 Å². The van der Waals surface area contributed by atoms with Crippen LogP contribution in [0.25, 0.3) is 5.65 Å². The summed E-state index contributed by atoms with van der Waals surface area (Å²) in [5, 5.41) is 11.6. The molecule has 23 heavy (non-hydrogen) atoms. The second kappa shape index (κ2) is 5.92. The van der Waals surface area contributed by atoms with Crippen LogP contribution in [0.5, 0.6) is 0 Å².